The van der Waals surface area contributed by atoms with Gasteiger partial charge in [0.2, 0.25) is 0 Å². The van der Waals surface area contributed by atoms with Crippen LogP contribution in [0.3, 0.4) is 0 Å². The standard InChI is InChI=1S/C21H30ClN5S/c1-14-5-6-18(22)11-19(14)27-10-8-17(13-27)12-25-21(23-4)24-9-7-20-26-15(2)16(3)28-20/h5-6,11,17H,7-10,12-13H2,1-4H3,(H2,23,24,25). The van der Waals surface area contributed by atoms with Crippen molar-refractivity contribution in [3.8, 4) is 0 Å². The summed E-state index contributed by atoms with van der Waals surface area (Å²) in [6.07, 6.45) is 2.10. The highest BCUT2D eigenvalue weighted by molar-refractivity contribution is 7.11. The number of aryl methyl sites for hydroxylation is 3. The van der Waals surface area contributed by atoms with Crippen molar-refractivity contribution >= 4 is 34.6 Å². The first-order valence-corrected chi connectivity index (χ1v) is 11.0. The van der Waals surface area contributed by atoms with E-state index in [1.54, 1.807) is 11.3 Å². The number of rotatable bonds is 6. The summed E-state index contributed by atoms with van der Waals surface area (Å²) in [5.74, 6) is 1.46. The molecular formula is C21H30ClN5S. The second-order valence-electron chi connectivity index (χ2n) is 7.41. The maximum Gasteiger partial charge on any atom is 0.191 e. The number of hydrogen-bond acceptors (Lipinski definition) is 4. The van der Waals surface area contributed by atoms with Crippen LogP contribution in [-0.2, 0) is 6.42 Å². The third-order valence-electron chi connectivity index (χ3n) is 5.28. The monoisotopic (exact) mass is 419 g/mol. The van der Waals surface area contributed by atoms with Crippen LogP contribution in [0.2, 0.25) is 5.02 Å². The Kier molecular flexibility index (Phi) is 7.18. The number of nitrogens with zero attached hydrogens (tertiary/aromatic N) is 3. The molecular weight excluding hydrogens is 390 g/mol. The number of aromatic nitrogens is 1. The SMILES string of the molecule is CN=C(NCCc1nc(C)c(C)s1)NCC1CCN(c2cc(Cl)ccc2C)C1. The molecule has 1 atom stereocenters. The van der Waals surface area contributed by atoms with Crippen LogP contribution < -0.4 is 15.5 Å². The Labute approximate surface area is 177 Å². The normalized spacial score (nSPS) is 17.2. The van der Waals surface area contributed by atoms with Gasteiger partial charge in [0, 0.05) is 55.2 Å². The van der Waals surface area contributed by atoms with Crippen LogP contribution in [0, 0.1) is 26.7 Å². The molecule has 5 nitrogen and oxygen atoms in total. The minimum absolute atomic E-state index is 0.598. The summed E-state index contributed by atoms with van der Waals surface area (Å²) in [6, 6.07) is 6.13. The molecule has 1 aromatic heterocycles. The summed E-state index contributed by atoms with van der Waals surface area (Å²) >= 11 is 7.97. The Hall–Kier alpha value is -1.79. The van der Waals surface area contributed by atoms with Crippen LogP contribution in [0.5, 0.6) is 0 Å². The van der Waals surface area contributed by atoms with Gasteiger partial charge in [0.25, 0.3) is 0 Å². The maximum absolute atomic E-state index is 6.19. The van der Waals surface area contributed by atoms with E-state index in [-0.39, 0.29) is 0 Å². The summed E-state index contributed by atoms with van der Waals surface area (Å²) in [5.41, 5.74) is 3.68. The molecule has 0 radical (unpaired) electrons. The molecule has 7 heteroatoms. The van der Waals surface area contributed by atoms with Crippen LogP contribution >= 0.6 is 22.9 Å². The summed E-state index contributed by atoms with van der Waals surface area (Å²) in [7, 11) is 1.82. The third-order valence-corrected chi connectivity index (χ3v) is 6.65. The predicted molar refractivity (Wildman–Crippen MR) is 121 cm³/mol. The Morgan fingerprint density at radius 1 is 1.32 bits per heavy atom. The molecule has 1 fully saturated rings. The van der Waals surface area contributed by atoms with Gasteiger partial charge < -0.3 is 15.5 Å². The van der Waals surface area contributed by atoms with Gasteiger partial charge in [0.15, 0.2) is 5.96 Å². The van der Waals surface area contributed by atoms with Gasteiger partial charge in [-0.2, -0.15) is 0 Å². The average molecular weight is 420 g/mol. The second kappa shape index (κ2) is 9.61. The molecule has 1 aliphatic rings. The van der Waals surface area contributed by atoms with Crippen molar-refractivity contribution in [2.75, 3.05) is 38.1 Å². The Morgan fingerprint density at radius 3 is 2.86 bits per heavy atom. The van der Waals surface area contributed by atoms with Gasteiger partial charge in [0.05, 0.1) is 10.7 Å². The van der Waals surface area contributed by atoms with E-state index >= 15 is 0 Å². The fourth-order valence-electron chi connectivity index (χ4n) is 3.54. The molecule has 2 N–H and O–H groups in total. The molecule has 0 amide bonds. The van der Waals surface area contributed by atoms with Crippen molar-refractivity contribution in [2.24, 2.45) is 10.9 Å². The second-order valence-corrected chi connectivity index (χ2v) is 9.13. The quantitative estimate of drug-likeness (QED) is 0.549. The lowest BCUT2D eigenvalue weighted by atomic mass is 10.1. The third kappa shape index (κ3) is 5.39. The summed E-state index contributed by atoms with van der Waals surface area (Å²) in [4.78, 5) is 12.7. The molecule has 0 spiro atoms. The molecule has 0 bridgehead atoms. The fourth-order valence-corrected chi connectivity index (χ4v) is 4.64. The zero-order valence-corrected chi connectivity index (χ0v) is 18.8. The van der Waals surface area contributed by atoms with E-state index in [0.717, 1.165) is 49.3 Å². The number of anilines is 1. The van der Waals surface area contributed by atoms with Gasteiger partial charge in [-0.1, -0.05) is 17.7 Å². The van der Waals surface area contributed by atoms with Crippen LogP contribution in [0.25, 0.3) is 0 Å². The highest BCUT2D eigenvalue weighted by Gasteiger charge is 2.24. The summed E-state index contributed by atoms with van der Waals surface area (Å²) < 4.78 is 0. The van der Waals surface area contributed by atoms with E-state index in [2.05, 4.69) is 58.4 Å². The van der Waals surface area contributed by atoms with Crippen molar-refractivity contribution in [3.63, 3.8) is 0 Å². The number of thiazole rings is 1. The minimum atomic E-state index is 0.598. The van der Waals surface area contributed by atoms with Gasteiger partial charge in [-0.05, 0) is 50.8 Å². The lowest BCUT2D eigenvalue weighted by Gasteiger charge is -2.21. The van der Waals surface area contributed by atoms with Crippen LogP contribution in [0.1, 0.15) is 27.6 Å². The van der Waals surface area contributed by atoms with E-state index in [0.29, 0.717) is 5.92 Å². The largest absolute Gasteiger partial charge is 0.371 e. The van der Waals surface area contributed by atoms with E-state index in [9.17, 15) is 0 Å². The smallest absolute Gasteiger partial charge is 0.191 e. The van der Waals surface area contributed by atoms with E-state index in [1.165, 1.54) is 27.6 Å². The van der Waals surface area contributed by atoms with E-state index < -0.39 is 0 Å². The first kappa shape index (κ1) is 20.9. The topological polar surface area (TPSA) is 52.6 Å². The van der Waals surface area contributed by atoms with Crippen molar-refractivity contribution in [2.45, 2.75) is 33.6 Å². The summed E-state index contributed by atoms with van der Waals surface area (Å²) in [5, 5.41) is 8.87. The zero-order valence-electron chi connectivity index (χ0n) is 17.2. The highest BCUT2D eigenvalue weighted by Crippen LogP contribution is 2.29. The molecule has 1 saturated heterocycles. The molecule has 28 heavy (non-hydrogen) atoms. The number of halogens is 1. The molecule has 2 heterocycles. The molecule has 3 rings (SSSR count). The number of benzene rings is 1. The maximum atomic E-state index is 6.19. The lowest BCUT2D eigenvalue weighted by molar-refractivity contribution is 0.565. The Morgan fingerprint density at radius 2 is 2.14 bits per heavy atom. The zero-order chi connectivity index (χ0) is 20.1. The number of nitrogens with one attached hydrogen (secondary N) is 2. The van der Waals surface area contributed by atoms with Gasteiger partial charge >= 0.3 is 0 Å². The molecule has 1 aliphatic heterocycles. The van der Waals surface area contributed by atoms with E-state index in [4.69, 9.17) is 11.6 Å². The van der Waals surface area contributed by atoms with Crippen LogP contribution in [-0.4, -0.2) is 44.2 Å². The highest BCUT2D eigenvalue weighted by atomic mass is 35.5. The first-order valence-electron chi connectivity index (χ1n) is 9.84. The Bertz CT molecular complexity index is 813. The predicted octanol–water partition coefficient (Wildman–Crippen LogP) is 3.96. The van der Waals surface area contributed by atoms with Crippen molar-refractivity contribution in [1.29, 1.82) is 0 Å². The van der Waals surface area contributed by atoms with Crippen molar-refractivity contribution < 1.29 is 0 Å². The molecule has 0 aliphatic carbocycles. The fraction of sp³-hybridized carbons (Fsp3) is 0.524. The van der Waals surface area contributed by atoms with Gasteiger partial charge in [0.1, 0.15) is 0 Å². The van der Waals surface area contributed by atoms with Crippen LogP contribution in [0.15, 0.2) is 23.2 Å². The molecule has 2 aromatic rings. The van der Waals surface area contributed by atoms with Gasteiger partial charge in [-0.3, -0.25) is 4.99 Å². The number of hydrogen-bond donors (Lipinski definition) is 2. The van der Waals surface area contributed by atoms with Crippen molar-refractivity contribution in [1.82, 2.24) is 15.6 Å². The van der Waals surface area contributed by atoms with Gasteiger partial charge in [-0.15, -0.1) is 11.3 Å². The first-order chi connectivity index (χ1) is 13.5. The minimum Gasteiger partial charge on any atom is -0.371 e. The average Bonchev–Trinajstić information content (AvgIpc) is 3.26. The van der Waals surface area contributed by atoms with Gasteiger partial charge in [-0.25, -0.2) is 4.98 Å². The van der Waals surface area contributed by atoms with Crippen LogP contribution in [0.4, 0.5) is 5.69 Å². The molecule has 1 aromatic carbocycles. The van der Waals surface area contributed by atoms with E-state index in [1.807, 2.05) is 13.1 Å². The molecule has 152 valence electrons. The van der Waals surface area contributed by atoms with Crippen molar-refractivity contribution in [3.05, 3.63) is 44.4 Å². The molecule has 1 unspecified atom stereocenters. The Balaban J connectivity index is 1.43. The number of guanidine groups is 1. The summed E-state index contributed by atoms with van der Waals surface area (Å²) in [6.45, 7) is 10.2. The number of aliphatic imine (C=N–C) groups is 1. The lowest BCUT2D eigenvalue weighted by Crippen LogP contribution is -2.41. The molecule has 0 saturated carbocycles.